The van der Waals surface area contributed by atoms with E-state index in [1.54, 1.807) is 24.5 Å². The molecule has 0 bridgehead atoms. The molecule has 0 radical (unpaired) electrons. The number of rotatable bonds is 13. The lowest BCUT2D eigenvalue weighted by Gasteiger charge is -2.22. The summed E-state index contributed by atoms with van der Waals surface area (Å²) >= 11 is 0. The third-order valence-corrected chi connectivity index (χ3v) is 7.33. The number of nitrogens with zero attached hydrogens (tertiary/aromatic N) is 2. The highest BCUT2D eigenvalue weighted by Crippen LogP contribution is 2.28. The second kappa shape index (κ2) is 14.1. The smallest absolute Gasteiger partial charge is 0.251 e. The number of halogens is 2. The third-order valence-electron chi connectivity index (χ3n) is 7.33. The number of carbonyl (C=O) groups is 1. The van der Waals surface area contributed by atoms with Crippen LogP contribution in [-0.2, 0) is 19.4 Å². The minimum absolute atomic E-state index is 0.268. The third kappa shape index (κ3) is 7.54. The summed E-state index contributed by atoms with van der Waals surface area (Å²) < 4.78 is 39.5. The van der Waals surface area contributed by atoms with Gasteiger partial charge in [0.05, 0.1) is 17.9 Å². The van der Waals surface area contributed by atoms with Gasteiger partial charge in [-0.25, -0.2) is 18.7 Å². The number of hydrogen-bond donors (Lipinski definition) is 2. The van der Waals surface area contributed by atoms with Gasteiger partial charge in [0.2, 0.25) is 11.8 Å². The predicted octanol–water partition coefficient (Wildman–Crippen LogP) is 7.39. The van der Waals surface area contributed by atoms with Crippen molar-refractivity contribution in [1.29, 1.82) is 0 Å². The highest BCUT2D eigenvalue weighted by atomic mass is 19.1. The van der Waals surface area contributed by atoms with Crippen LogP contribution in [0, 0.1) is 11.6 Å². The van der Waals surface area contributed by atoms with Gasteiger partial charge in [-0.3, -0.25) is 4.79 Å². The minimum Gasteiger partial charge on any atom is -0.445 e. The Morgan fingerprint density at radius 1 is 0.909 bits per heavy atom. The maximum atomic E-state index is 14.1. The molecule has 7 nitrogen and oxygen atoms in total. The van der Waals surface area contributed by atoms with Gasteiger partial charge in [0.15, 0.2) is 0 Å². The molecule has 1 amide bonds. The van der Waals surface area contributed by atoms with E-state index in [2.05, 4.69) is 52.3 Å². The molecule has 5 aromatic rings. The van der Waals surface area contributed by atoms with Gasteiger partial charge < -0.3 is 19.5 Å². The summed E-state index contributed by atoms with van der Waals surface area (Å²) in [7, 11) is 0. The van der Waals surface area contributed by atoms with Crippen molar-refractivity contribution in [2.45, 2.75) is 45.7 Å². The zero-order valence-electron chi connectivity index (χ0n) is 24.7. The normalized spacial score (nSPS) is 11.8. The number of aryl methyl sites for hydroxylation is 2. The Kier molecular flexibility index (Phi) is 9.76. The average molecular weight is 597 g/mol. The molecule has 0 aliphatic heterocycles. The van der Waals surface area contributed by atoms with E-state index in [4.69, 9.17) is 8.83 Å². The van der Waals surface area contributed by atoms with Crippen molar-refractivity contribution in [1.82, 2.24) is 20.6 Å². The molecular formula is C35H34F2N4O3. The summed E-state index contributed by atoms with van der Waals surface area (Å²) in [6.45, 7) is 9.34. The molecule has 5 rings (SSSR count). The van der Waals surface area contributed by atoms with Crippen molar-refractivity contribution in [3.05, 3.63) is 126 Å². The first-order valence-electron chi connectivity index (χ1n) is 14.6. The lowest BCUT2D eigenvalue weighted by Crippen LogP contribution is -2.37. The molecule has 0 aliphatic carbocycles. The number of carbonyl (C=O) groups excluding carboxylic acids is 1. The van der Waals surface area contributed by atoms with Crippen LogP contribution >= 0.6 is 0 Å². The van der Waals surface area contributed by atoms with Crippen LogP contribution in [0.25, 0.3) is 28.5 Å². The molecule has 2 N–H and O–H groups in total. The molecule has 0 aliphatic rings. The summed E-state index contributed by atoms with van der Waals surface area (Å²) in [5.74, 6) is -1.17. The van der Waals surface area contributed by atoms with Crippen molar-refractivity contribution in [2.24, 2.45) is 0 Å². The van der Waals surface area contributed by atoms with Crippen LogP contribution in [0.4, 0.5) is 8.78 Å². The summed E-state index contributed by atoms with van der Waals surface area (Å²) in [5, 5.41) is 6.44. The van der Waals surface area contributed by atoms with Crippen LogP contribution in [0.2, 0.25) is 0 Å². The van der Waals surface area contributed by atoms with E-state index in [1.165, 1.54) is 30.2 Å². The first-order chi connectivity index (χ1) is 21.3. The van der Waals surface area contributed by atoms with E-state index in [0.29, 0.717) is 60.0 Å². The molecule has 0 spiro atoms. The number of hydrogen-bond acceptors (Lipinski definition) is 6. The molecule has 2 heterocycles. The van der Waals surface area contributed by atoms with Gasteiger partial charge >= 0.3 is 0 Å². The standard InChI is InChI=1S/C35H34F2N4O3/c1-4-23-7-6-8-24(13-23)20-38-10-9-32(22(3)25-17-29(36)19-30(37)18-25)41-33(42)26-14-27(34-39-11-12-43-34)16-28(15-26)35-40-31(5-2)21-44-35/h6-8,11-19,21,32,38H,3-5,9-10,20H2,1-2H3,(H,41,42)/t32-/m1/s1. The van der Waals surface area contributed by atoms with E-state index in [-0.39, 0.29) is 5.56 Å². The molecule has 2 aromatic heterocycles. The quantitative estimate of drug-likeness (QED) is 0.138. The van der Waals surface area contributed by atoms with E-state index >= 15 is 0 Å². The Morgan fingerprint density at radius 2 is 1.66 bits per heavy atom. The van der Waals surface area contributed by atoms with Crippen LogP contribution in [0.15, 0.2) is 94.8 Å². The maximum absolute atomic E-state index is 14.1. The Bertz CT molecular complexity index is 1730. The first-order valence-corrected chi connectivity index (χ1v) is 14.6. The van der Waals surface area contributed by atoms with Crippen LogP contribution in [0.5, 0.6) is 0 Å². The summed E-state index contributed by atoms with van der Waals surface area (Å²) in [6.07, 6.45) is 6.61. The van der Waals surface area contributed by atoms with Gasteiger partial charge in [0.1, 0.15) is 24.2 Å². The number of benzene rings is 3. The molecule has 0 fully saturated rings. The Labute approximate surface area is 255 Å². The van der Waals surface area contributed by atoms with Crippen LogP contribution < -0.4 is 10.6 Å². The summed E-state index contributed by atoms with van der Waals surface area (Å²) in [5.41, 5.74) is 5.26. The number of aromatic nitrogens is 2. The molecule has 9 heteroatoms. The lowest BCUT2D eigenvalue weighted by molar-refractivity contribution is 0.0944. The van der Waals surface area contributed by atoms with Gasteiger partial charge in [-0.05, 0) is 78.4 Å². The molecule has 0 saturated carbocycles. The molecule has 0 saturated heterocycles. The molecule has 44 heavy (non-hydrogen) atoms. The molecule has 226 valence electrons. The molecule has 1 atom stereocenters. The number of nitrogens with one attached hydrogen (secondary N) is 2. The van der Waals surface area contributed by atoms with Gasteiger partial charge in [-0.1, -0.05) is 44.7 Å². The van der Waals surface area contributed by atoms with Crippen LogP contribution in [0.1, 0.15) is 53.0 Å². The van der Waals surface area contributed by atoms with E-state index in [0.717, 1.165) is 23.7 Å². The van der Waals surface area contributed by atoms with Crippen molar-refractivity contribution in [2.75, 3.05) is 6.54 Å². The lowest BCUT2D eigenvalue weighted by atomic mass is 9.96. The fraction of sp³-hybridized carbons (Fsp3) is 0.229. The highest BCUT2D eigenvalue weighted by Gasteiger charge is 2.21. The predicted molar refractivity (Wildman–Crippen MR) is 166 cm³/mol. The highest BCUT2D eigenvalue weighted by molar-refractivity contribution is 5.97. The molecular weight excluding hydrogens is 562 g/mol. The van der Waals surface area contributed by atoms with Gasteiger partial charge in [0, 0.05) is 29.3 Å². The van der Waals surface area contributed by atoms with E-state index in [9.17, 15) is 13.6 Å². The van der Waals surface area contributed by atoms with Gasteiger partial charge in [0.25, 0.3) is 5.91 Å². The Morgan fingerprint density at radius 3 is 2.34 bits per heavy atom. The number of amides is 1. The Hall–Kier alpha value is -4.89. The van der Waals surface area contributed by atoms with E-state index < -0.39 is 23.6 Å². The van der Waals surface area contributed by atoms with Crippen molar-refractivity contribution in [3.63, 3.8) is 0 Å². The topological polar surface area (TPSA) is 93.2 Å². The van der Waals surface area contributed by atoms with E-state index in [1.807, 2.05) is 13.0 Å². The zero-order chi connectivity index (χ0) is 31.1. The fourth-order valence-corrected chi connectivity index (χ4v) is 4.93. The second-order valence-corrected chi connectivity index (χ2v) is 10.5. The second-order valence-electron chi connectivity index (χ2n) is 10.5. The zero-order valence-corrected chi connectivity index (χ0v) is 24.7. The van der Waals surface area contributed by atoms with Crippen molar-refractivity contribution < 1.29 is 22.4 Å². The maximum Gasteiger partial charge on any atom is 0.251 e. The van der Waals surface area contributed by atoms with Crippen LogP contribution in [0.3, 0.4) is 0 Å². The largest absolute Gasteiger partial charge is 0.445 e. The Balaban J connectivity index is 1.40. The first kappa shape index (κ1) is 30.6. The number of oxazole rings is 2. The monoisotopic (exact) mass is 596 g/mol. The minimum atomic E-state index is -0.721. The van der Waals surface area contributed by atoms with Crippen molar-refractivity contribution in [3.8, 4) is 22.9 Å². The molecule has 0 unspecified atom stereocenters. The van der Waals surface area contributed by atoms with Crippen LogP contribution in [-0.4, -0.2) is 28.5 Å². The van der Waals surface area contributed by atoms with Crippen molar-refractivity contribution >= 4 is 11.5 Å². The SMILES string of the molecule is C=C(c1cc(F)cc(F)c1)[C@@H](CCNCc1cccc(CC)c1)NC(=O)c1cc(-c2ncco2)cc(-c2nc(CC)co2)c1. The average Bonchev–Trinajstić information content (AvgIpc) is 3.75. The summed E-state index contributed by atoms with van der Waals surface area (Å²) in [6, 6.07) is 16.0. The fourth-order valence-electron chi connectivity index (χ4n) is 4.93. The van der Waals surface area contributed by atoms with Gasteiger partial charge in [-0.2, -0.15) is 0 Å². The van der Waals surface area contributed by atoms with Gasteiger partial charge in [-0.15, -0.1) is 0 Å². The molecule has 3 aromatic carbocycles. The summed E-state index contributed by atoms with van der Waals surface area (Å²) in [4.78, 5) is 22.5.